The maximum absolute atomic E-state index is 10.9. The average molecular weight is 269 g/mol. The van der Waals surface area contributed by atoms with Crippen LogP contribution in [-0.2, 0) is 9.53 Å². The molecule has 1 aromatic carbocycles. The van der Waals surface area contributed by atoms with Crippen LogP contribution < -0.4 is 0 Å². The summed E-state index contributed by atoms with van der Waals surface area (Å²) in [6.45, 7) is 0. The van der Waals surface area contributed by atoms with Crippen molar-refractivity contribution in [3.63, 3.8) is 0 Å². The van der Waals surface area contributed by atoms with Gasteiger partial charge in [0.15, 0.2) is 5.71 Å². The van der Waals surface area contributed by atoms with E-state index in [4.69, 9.17) is 16.9 Å². The molecule has 0 fully saturated rings. The number of carbonyl (C=O) groups excluding carboxylic acids is 1. The van der Waals surface area contributed by atoms with Crippen molar-refractivity contribution >= 4 is 35.2 Å². The van der Waals surface area contributed by atoms with Gasteiger partial charge in [-0.1, -0.05) is 23.7 Å². The third-order valence-electron chi connectivity index (χ3n) is 1.77. The molecule has 1 rings (SSSR count). The van der Waals surface area contributed by atoms with E-state index >= 15 is 0 Å². The highest BCUT2D eigenvalue weighted by Gasteiger charge is 2.05. The Bertz CT molecular complexity index is 483. The summed E-state index contributed by atoms with van der Waals surface area (Å²) in [5, 5.41) is 9.47. The summed E-state index contributed by atoms with van der Waals surface area (Å²) in [5.74, 6) is -0.315. The molecule has 0 aliphatic carbocycles. The Hall–Kier alpha value is -1.51. The standard InChI is InChI=1S/C11H9ClN2O2S/c1-16-11(15)7-17-14-10(6-13)8-3-2-4-9(12)5-8/h2-5H,7H2,1H3/b14-10+. The topological polar surface area (TPSA) is 62.4 Å². The van der Waals surface area contributed by atoms with Crippen LogP contribution in [0.1, 0.15) is 5.56 Å². The molecule has 6 heteroatoms. The highest BCUT2D eigenvalue weighted by Crippen LogP contribution is 2.13. The van der Waals surface area contributed by atoms with Gasteiger partial charge in [0.05, 0.1) is 7.11 Å². The second kappa shape index (κ2) is 6.94. The van der Waals surface area contributed by atoms with E-state index in [1.54, 1.807) is 24.3 Å². The number of halogens is 1. The van der Waals surface area contributed by atoms with Crippen molar-refractivity contribution in [2.75, 3.05) is 12.9 Å². The molecular weight excluding hydrogens is 260 g/mol. The van der Waals surface area contributed by atoms with Gasteiger partial charge in [0.25, 0.3) is 0 Å². The van der Waals surface area contributed by atoms with E-state index in [0.29, 0.717) is 10.6 Å². The molecule has 0 radical (unpaired) electrons. The van der Waals surface area contributed by atoms with Gasteiger partial charge in [0, 0.05) is 10.6 Å². The molecule has 0 aliphatic rings. The third-order valence-corrected chi connectivity index (χ3v) is 2.68. The van der Waals surface area contributed by atoms with E-state index in [2.05, 4.69) is 9.13 Å². The molecule has 0 N–H and O–H groups in total. The molecule has 0 saturated heterocycles. The van der Waals surface area contributed by atoms with Gasteiger partial charge in [-0.05, 0) is 24.1 Å². The number of nitrogens with zero attached hydrogens (tertiary/aromatic N) is 2. The average Bonchev–Trinajstić information content (AvgIpc) is 2.34. The molecule has 0 atom stereocenters. The zero-order valence-electron chi connectivity index (χ0n) is 9.01. The fourth-order valence-corrected chi connectivity index (χ4v) is 1.74. The minimum absolute atomic E-state index is 0.0717. The summed E-state index contributed by atoms with van der Waals surface area (Å²) in [4.78, 5) is 10.9. The molecule has 0 unspecified atom stereocenters. The Morgan fingerprint density at radius 2 is 2.41 bits per heavy atom. The summed E-state index contributed by atoms with van der Waals surface area (Å²) in [6.07, 6.45) is 0. The van der Waals surface area contributed by atoms with Crippen LogP contribution in [0.15, 0.2) is 28.7 Å². The predicted octanol–water partition coefficient (Wildman–Crippen LogP) is 2.47. The van der Waals surface area contributed by atoms with Crippen molar-refractivity contribution in [3.8, 4) is 6.07 Å². The van der Waals surface area contributed by atoms with Crippen molar-refractivity contribution in [2.45, 2.75) is 0 Å². The number of hydrogen-bond acceptors (Lipinski definition) is 5. The number of nitriles is 1. The van der Waals surface area contributed by atoms with Crippen molar-refractivity contribution in [3.05, 3.63) is 34.9 Å². The van der Waals surface area contributed by atoms with Crippen molar-refractivity contribution in [2.24, 2.45) is 4.40 Å². The van der Waals surface area contributed by atoms with E-state index in [9.17, 15) is 4.79 Å². The molecule has 0 saturated carbocycles. The van der Waals surface area contributed by atoms with Gasteiger partial charge >= 0.3 is 5.97 Å². The quantitative estimate of drug-likeness (QED) is 0.478. The van der Waals surface area contributed by atoms with Crippen LogP contribution in [-0.4, -0.2) is 24.5 Å². The molecule has 4 nitrogen and oxygen atoms in total. The second-order valence-corrected chi connectivity index (χ2v) is 4.08. The molecule has 0 spiro atoms. The van der Waals surface area contributed by atoms with Crippen molar-refractivity contribution < 1.29 is 9.53 Å². The molecule has 0 amide bonds. The lowest BCUT2D eigenvalue weighted by Gasteiger charge is -1.99. The highest BCUT2D eigenvalue weighted by molar-refractivity contribution is 7.98. The largest absolute Gasteiger partial charge is 0.468 e. The Kier molecular flexibility index (Phi) is 5.53. The Morgan fingerprint density at radius 3 is 3.00 bits per heavy atom. The van der Waals surface area contributed by atoms with Crippen LogP contribution in [0.5, 0.6) is 0 Å². The molecule has 17 heavy (non-hydrogen) atoms. The maximum Gasteiger partial charge on any atom is 0.317 e. The van der Waals surface area contributed by atoms with Crippen LogP contribution in [0.25, 0.3) is 0 Å². The number of methoxy groups -OCH3 is 1. The number of carbonyl (C=O) groups is 1. The zero-order chi connectivity index (χ0) is 12.7. The molecular formula is C11H9ClN2O2S. The number of esters is 1. The summed E-state index contributed by atoms with van der Waals surface area (Å²) in [5.41, 5.74) is 0.846. The van der Waals surface area contributed by atoms with Crippen molar-refractivity contribution in [1.29, 1.82) is 5.26 Å². The van der Waals surface area contributed by atoms with Gasteiger partial charge in [-0.2, -0.15) is 5.26 Å². The molecule has 0 bridgehead atoms. The van der Waals surface area contributed by atoms with E-state index in [-0.39, 0.29) is 17.4 Å². The normalized spacial score (nSPS) is 10.8. The van der Waals surface area contributed by atoms with E-state index in [1.165, 1.54) is 7.11 Å². The smallest absolute Gasteiger partial charge is 0.317 e. The predicted molar refractivity (Wildman–Crippen MR) is 68.1 cm³/mol. The molecule has 0 aliphatic heterocycles. The summed E-state index contributed by atoms with van der Waals surface area (Å²) < 4.78 is 8.41. The van der Waals surface area contributed by atoms with Gasteiger partial charge in [-0.25, -0.2) is 4.40 Å². The maximum atomic E-state index is 10.9. The molecule has 1 aromatic rings. The first-order chi connectivity index (χ1) is 8.17. The van der Waals surface area contributed by atoms with E-state index < -0.39 is 0 Å². The highest BCUT2D eigenvalue weighted by atomic mass is 35.5. The first kappa shape index (κ1) is 13.6. The van der Waals surface area contributed by atoms with Gasteiger partial charge in [-0.3, -0.25) is 4.79 Å². The van der Waals surface area contributed by atoms with Crippen LogP contribution in [0, 0.1) is 11.3 Å². The first-order valence-electron chi connectivity index (χ1n) is 4.60. The zero-order valence-corrected chi connectivity index (χ0v) is 10.6. The summed E-state index contributed by atoms with van der Waals surface area (Å²) >= 11 is 6.77. The lowest BCUT2D eigenvalue weighted by atomic mass is 10.1. The van der Waals surface area contributed by atoms with E-state index in [1.807, 2.05) is 6.07 Å². The molecule has 0 aromatic heterocycles. The van der Waals surface area contributed by atoms with Crippen LogP contribution in [0.3, 0.4) is 0 Å². The van der Waals surface area contributed by atoms with Crippen LogP contribution in [0.4, 0.5) is 0 Å². The fourth-order valence-electron chi connectivity index (χ4n) is 0.982. The number of ether oxygens (including phenoxy) is 1. The third kappa shape index (κ3) is 4.47. The van der Waals surface area contributed by atoms with Gasteiger partial charge in [0.2, 0.25) is 0 Å². The SMILES string of the molecule is COC(=O)CS/N=C(\C#N)c1cccc(Cl)c1. The number of rotatable bonds is 4. The fraction of sp³-hybridized carbons (Fsp3) is 0.182. The Balaban J connectivity index is 2.75. The lowest BCUT2D eigenvalue weighted by Crippen LogP contribution is -2.03. The Morgan fingerprint density at radius 1 is 1.65 bits per heavy atom. The van der Waals surface area contributed by atoms with Crippen molar-refractivity contribution in [1.82, 2.24) is 0 Å². The second-order valence-electron chi connectivity index (χ2n) is 2.91. The van der Waals surface area contributed by atoms with Gasteiger partial charge < -0.3 is 4.74 Å². The van der Waals surface area contributed by atoms with Gasteiger partial charge in [-0.15, -0.1) is 0 Å². The first-order valence-corrected chi connectivity index (χ1v) is 5.92. The van der Waals surface area contributed by atoms with Crippen LogP contribution in [0.2, 0.25) is 5.02 Å². The minimum Gasteiger partial charge on any atom is -0.468 e. The summed E-state index contributed by atoms with van der Waals surface area (Å²) in [7, 11) is 1.30. The Labute approximate surface area is 108 Å². The number of hydrogen-bond donors (Lipinski definition) is 0. The van der Waals surface area contributed by atoms with E-state index in [0.717, 1.165) is 11.9 Å². The lowest BCUT2D eigenvalue weighted by molar-refractivity contribution is -0.137. The molecule has 0 heterocycles. The molecule has 88 valence electrons. The monoisotopic (exact) mass is 268 g/mol. The van der Waals surface area contributed by atoms with Crippen LogP contribution >= 0.6 is 23.5 Å². The minimum atomic E-state index is -0.387. The summed E-state index contributed by atoms with van der Waals surface area (Å²) in [6, 6.07) is 8.77. The van der Waals surface area contributed by atoms with Gasteiger partial charge in [0.1, 0.15) is 11.8 Å². The number of benzene rings is 1.